The lowest BCUT2D eigenvalue weighted by molar-refractivity contribution is -0.118. The molecule has 0 bridgehead atoms. The van der Waals surface area contributed by atoms with Crippen LogP contribution < -0.4 is 14.2 Å². The number of rotatable bonds is 8. The van der Waals surface area contributed by atoms with Gasteiger partial charge in [-0.15, -0.1) is 0 Å². The molecule has 1 aliphatic heterocycles. The van der Waals surface area contributed by atoms with Crippen molar-refractivity contribution >= 4 is 33.0 Å². The SMILES string of the molecule is CS(=O)(=O)Oc1ccccc1CCOc1ccc(CC2SC(=O)NC2=O)cc1. The molecule has 3 rings (SSSR count). The van der Waals surface area contributed by atoms with Gasteiger partial charge in [0, 0.05) is 6.42 Å². The topological polar surface area (TPSA) is 98.8 Å². The van der Waals surface area contributed by atoms with E-state index in [-0.39, 0.29) is 11.1 Å². The molecule has 1 atom stereocenters. The van der Waals surface area contributed by atoms with Gasteiger partial charge in [-0.1, -0.05) is 42.1 Å². The molecule has 1 N–H and O–H groups in total. The molecule has 0 radical (unpaired) electrons. The normalized spacial score (nSPS) is 16.7. The summed E-state index contributed by atoms with van der Waals surface area (Å²) in [5.74, 6) is 0.695. The van der Waals surface area contributed by atoms with Crippen molar-refractivity contribution in [3.05, 3.63) is 59.7 Å². The number of para-hydroxylation sites is 1. The van der Waals surface area contributed by atoms with Gasteiger partial charge < -0.3 is 8.92 Å². The van der Waals surface area contributed by atoms with Gasteiger partial charge in [0.2, 0.25) is 5.91 Å². The number of benzene rings is 2. The van der Waals surface area contributed by atoms with E-state index in [4.69, 9.17) is 8.92 Å². The molecule has 1 saturated heterocycles. The molecular weight excluding hydrogens is 402 g/mol. The minimum Gasteiger partial charge on any atom is -0.493 e. The highest BCUT2D eigenvalue weighted by Gasteiger charge is 2.31. The average molecular weight is 421 g/mol. The van der Waals surface area contributed by atoms with E-state index in [0.29, 0.717) is 30.9 Å². The highest BCUT2D eigenvalue weighted by atomic mass is 32.2. The minimum atomic E-state index is -3.59. The second-order valence-electron chi connectivity index (χ2n) is 6.22. The van der Waals surface area contributed by atoms with Gasteiger partial charge in [-0.05, 0) is 35.7 Å². The van der Waals surface area contributed by atoms with Crippen molar-refractivity contribution in [1.82, 2.24) is 5.32 Å². The highest BCUT2D eigenvalue weighted by molar-refractivity contribution is 8.15. The van der Waals surface area contributed by atoms with Gasteiger partial charge in [0.15, 0.2) is 0 Å². The Morgan fingerprint density at radius 3 is 2.43 bits per heavy atom. The van der Waals surface area contributed by atoms with E-state index in [0.717, 1.165) is 29.1 Å². The summed E-state index contributed by atoms with van der Waals surface area (Å²) in [7, 11) is -3.59. The molecule has 9 heteroatoms. The van der Waals surface area contributed by atoms with E-state index in [1.807, 2.05) is 12.1 Å². The fraction of sp³-hybridized carbons (Fsp3) is 0.263. The van der Waals surface area contributed by atoms with Crippen molar-refractivity contribution < 1.29 is 26.9 Å². The zero-order valence-corrected chi connectivity index (χ0v) is 16.7. The number of nitrogens with one attached hydrogen (secondary N) is 1. The second kappa shape index (κ2) is 8.66. The number of imide groups is 1. The van der Waals surface area contributed by atoms with Crippen LogP contribution in [0, 0.1) is 0 Å². The third kappa shape index (κ3) is 5.74. The van der Waals surface area contributed by atoms with Crippen LogP contribution in [0.3, 0.4) is 0 Å². The monoisotopic (exact) mass is 421 g/mol. The fourth-order valence-corrected chi connectivity index (χ4v) is 4.05. The number of carbonyl (C=O) groups is 2. The molecule has 1 aliphatic rings. The Balaban J connectivity index is 1.53. The van der Waals surface area contributed by atoms with Crippen LogP contribution in [0.5, 0.6) is 11.5 Å². The first-order valence-corrected chi connectivity index (χ1v) is 11.2. The van der Waals surface area contributed by atoms with Crippen LogP contribution in [0.2, 0.25) is 0 Å². The maximum Gasteiger partial charge on any atom is 0.306 e. The number of carbonyl (C=O) groups excluding carboxylic acids is 2. The Morgan fingerprint density at radius 1 is 1.07 bits per heavy atom. The molecule has 2 aromatic carbocycles. The van der Waals surface area contributed by atoms with E-state index in [1.165, 1.54) is 0 Å². The molecule has 2 aromatic rings. The lowest BCUT2D eigenvalue weighted by atomic mass is 10.1. The largest absolute Gasteiger partial charge is 0.493 e. The Hall–Kier alpha value is -2.52. The van der Waals surface area contributed by atoms with Gasteiger partial charge in [0.1, 0.15) is 11.5 Å². The van der Waals surface area contributed by atoms with E-state index >= 15 is 0 Å². The lowest BCUT2D eigenvalue weighted by Gasteiger charge is -2.11. The van der Waals surface area contributed by atoms with Gasteiger partial charge in [-0.3, -0.25) is 14.9 Å². The van der Waals surface area contributed by atoms with Crippen LogP contribution in [0.1, 0.15) is 11.1 Å². The third-order valence-corrected chi connectivity index (χ3v) is 5.43. The minimum absolute atomic E-state index is 0.259. The van der Waals surface area contributed by atoms with Crippen LogP contribution in [0.4, 0.5) is 4.79 Å². The maximum absolute atomic E-state index is 11.6. The van der Waals surface area contributed by atoms with Crippen LogP contribution in [0.25, 0.3) is 0 Å². The summed E-state index contributed by atoms with van der Waals surface area (Å²) in [5.41, 5.74) is 1.67. The quantitative estimate of drug-likeness (QED) is 0.654. The van der Waals surface area contributed by atoms with Gasteiger partial charge in [-0.2, -0.15) is 8.42 Å². The number of thioether (sulfide) groups is 1. The molecular formula is C19H19NO6S2. The van der Waals surface area contributed by atoms with Crippen molar-refractivity contribution in [2.75, 3.05) is 12.9 Å². The molecule has 1 fully saturated rings. The molecule has 0 aliphatic carbocycles. The van der Waals surface area contributed by atoms with Gasteiger partial charge in [0.25, 0.3) is 5.24 Å². The summed E-state index contributed by atoms with van der Waals surface area (Å²) in [4.78, 5) is 22.8. The molecule has 0 saturated carbocycles. The predicted molar refractivity (Wildman–Crippen MR) is 106 cm³/mol. The maximum atomic E-state index is 11.6. The fourth-order valence-electron chi connectivity index (χ4n) is 2.70. The summed E-state index contributed by atoms with van der Waals surface area (Å²) >= 11 is 1.00. The Bertz CT molecular complexity index is 972. The highest BCUT2D eigenvalue weighted by Crippen LogP contribution is 2.24. The summed E-state index contributed by atoms with van der Waals surface area (Å²) in [6, 6.07) is 14.2. The zero-order chi connectivity index (χ0) is 20.1. The van der Waals surface area contributed by atoms with Gasteiger partial charge in [0.05, 0.1) is 18.1 Å². The lowest BCUT2D eigenvalue weighted by Crippen LogP contribution is -2.25. The molecule has 148 valence electrons. The van der Waals surface area contributed by atoms with Crippen LogP contribution >= 0.6 is 11.8 Å². The van der Waals surface area contributed by atoms with Crippen LogP contribution in [0.15, 0.2) is 48.5 Å². The summed E-state index contributed by atoms with van der Waals surface area (Å²) in [6.07, 6.45) is 1.96. The average Bonchev–Trinajstić information content (AvgIpc) is 2.94. The van der Waals surface area contributed by atoms with Crippen molar-refractivity contribution in [3.63, 3.8) is 0 Å². The molecule has 1 heterocycles. The Kier molecular flexibility index (Phi) is 6.25. The van der Waals surface area contributed by atoms with Gasteiger partial charge in [-0.25, -0.2) is 0 Å². The van der Waals surface area contributed by atoms with Crippen LogP contribution in [-0.2, 0) is 27.8 Å². The Labute approximate surface area is 167 Å². The van der Waals surface area contributed by atoms with E-state index in [9.17, 15) is 18.0 Å². The first-order chi connectivity index (χ1) is 13.3. The third-order valence-electron chi connectivity index (χ3n) is 3.97. The van der Waals surface area contributed by atoms with Crippen molar-refractivity contribution in [1.29, 1.82) is 0 Å². The standard InChI is InChI=1S/C19H19NO6S2/c1-28(23,24)26-16-5-3-2-4-14(16)10-11-25-15-8-6-13(7-9-15)12-17-18(21)20-19(22)27-17/h2-9,17H,10-12H2,1H3,(H,20,21,22). The number of amides is 2. The molecule has 28 heavy (non-hydrogen) atoms. The Morgan fingerprint density at radius 2 is 1.79 bits per heavy atom. The molecule has 2 amide bonds. The van der Waals surface area contributed by atoms with E-state index < -0.39 is 15.4 Å². The first-order valence-electron chi connectivity index (χ1n) is 8.51. The van der Waals surface area contributed by atoms with E-state index in [2.05, 4.69) is 5.32 Å². The predicted octanol–water partition coefficient (Wildman–Crippen LogP) is 2.54. The van der Waals surface area contributed by atoms with E-state index in [1.54, 1.807) is 36.4 Å². The summed E-state index contributed by atoms with van der Waals surface area (Å²) in [5, 5.41) is 1.57. The summed E-state index contributed by atoms with van der Waals surface area (Å²) in [6.45, 7) is 0.346. The number of hydrogen-bond donors (Lipinski definition) is 1. The summed E-state index contributed by atoms with van der Waals surface area (Å²) < 4.78 is 33.4. The zero-order valence-electron chi connectivity index (χ0n) is 15.1. The first kappa shape index (κ1) is 20.2. The van der Waals surface area contributed by atoms with Crippen molar-refractivity contribution in [3.8, 4) is 11.5 Å². The second-order valence-corrected chi connectivity index (χ2v) is 8.98. The molecule has 0 spiro atoms. The molecule has 0 aromatic heterocycles. The van der Waals surface area contributed by atoms with Crippen molar-refractivity contribution in [2.45, 2.75) is 18.1 Å². The van der Waals surface area contributed by atoms with Gasteiger partial charge >= 0.3 is 10.1 Å². The smallest absolute Gasteiger partial charge is 0.306 e. The molecule has 1 unspecified atom stereocenters. The van der Waals surface area contributed by atoms with Crippen molar-refractivity contribution in [2.24, 2.45) is 0 Å². The molecule has 7 nitrogen and oxygen atoms in total. The van der Waals surface area contributed by atoms with Crippen LogP contribution in [-0.4, -0.2) is 37.7 Å². The number of ether oxygens (including phenoxy) is 1. The number of hydrogen-bond acceptors (Lipinski definition) is 7.